The van der Waals surface area contributed by atoms with Gasteiger partial charge in [0.25, 0.3) is 0 Å². The minimum absolute atomic E-state index is 0.426. The number of aromatic nitrogens is 3. The van der Waals surface area contributed by atoms with Crippen molar-refractivity contribution in [2.45, 2.75) is 0 Å². The van der Waals surface area contributed by atoms with Crippen LogP contribution in [-0.2, 0) is 0 Å². The fourth-order valence-corrected chi connectivity index (χ4v) is 2.20. The van der Waals surface area contributed by atoms with Gasteiger partial charge in [-0.15, -0.1) is 10.2 Å². The molecule has 2 aromatic heterocycles. The molecule has 3 heterocycles. The maximum absolute atomic E-state index is 5.73. The predicted molar refractivity (Wildman–Crippen MR) is 77.3 cm³/mol. The van der Waals surface area contributed by atoms with Gasteiger partial charge in [-0.25, -0.2) is 0 Å². The Morgan fingerprint density at radius 3 is 2.62 bits per heavy atom. The number of ether oxygens (including phenoxy) is 1. The fraction of sp³-hybridized carbons (Fsp3) is 0.0625. The van der Waals surface area contributed by atoms with E-state index in [1.54, 1.807) is 12.4 Å². The molecule has 0 atom stereocenters. The predicted octanol–water partition coefficient (Wildman–Crippen LogP) is 3.06. The largest absolute Gasteiger partial charge is 0.488 e. The van der Waals surface area contributed by atoms with E-state index in [9.17, 15) is 0 Å². The van der Waals surface area contributed by atoms with Crippen molar-refractivity contribution >= 4 is 11.6 Å². The summed E-state index contributed by atoms with van der Waals surface area (Å²) in [6, 6.07) is 11.5. The van der Waals surface area contributed by atoms with Crippen LogP contribution < -0.4 is 4.74 Å². The highest BCUT2D eigenvalue weighted by molar-refractivity contribution is 5.82. The van der Waals surface area contributed by atoms with Crippen LogP contribution in [0.1, 0.15) is 11.5 Å². The number of para-hydroxylation sites is 1. The first-order valence-corrected chi connectivity index (χ1v) is 6.57. The smallest absolute Gasteiger partial charge is 0.248 e. The van der Waals surface area contributed by atoms with Crippen LogP contribution in [-0.4, -0.2) is 21.8 Å². The molecule has 0 radical (unpaired) electrons. The number of nitrogens with zero attached hydrogens (tertiary/aromatic N) is 3. The van der Waals surface area contributed by atoms with E-state index in [4.69, 9.17) is 9.15 Å². The first-order valence-electron chi connectivity index (χ1n) is 6.57. The molecule has 0 bridgehead atoms. The van der Waals surface area contributed by atoms with Gasteiger partial charge in [-0.05, 0) is 24.3 Å². The quantitative estimate of drug-likeness (QED) is 0.720. The lowest BCUT2D eigenvalue weighted by molar-refractivity contribution is 0.361. The summed E-state index contributed by atoms with van der Waals surface area (Å²) >= 11 is 0. The van der Waals surface area contributed by atoms with Crippen molar-refractivity contribution in [2.75, 3.05) is 6.61 Å². The number of pyridine rings is 1. The lowest BCUT2D eigenvalue weighted by Crippen LogP contribution is -2.06. The van der Waals surface area contributed by atoms with Crippen molar-refractivity contribution in [3.05, 3.63) is 60.2 Å². The van der Waals surface area contributed by atoms with Crippen LogP contribution in [0, 0.1) is 0 Å². The number of fused-ring (bicyclic) bond motifs is 1. The Kier molecular flexibility index (Phi) is 2.74. The van der Waals surface area contributed by atoms with Gasteiger partial charge in [-0.1, -0.05) is 18.2 Å². The number of benzene rings is 1. The van der Waals surface area contributed by atoms with Gasteiger partial charge in [-0.3, -0.25) is 4.98 Å². The number of rotatable bonds is 2. The summed E-state index contributed by atoms with van der Waals surface area (Å²) in [6.07, 6.45) is 5.40. The first kappa shape index (κ1) is 11.8. The Hall–Kier alpha value is -2.95. The molecule has 21 heavy (non-hydrogen) atoms. The summed E-state index contributed by atoms with van der Waals surface area (Å²) in [5.74, 6) is 1.83. The Bertz CT molecular complexity index is 809. The van der Waals surface area contributed by atoms with Crippen LogP contribution in [0.25, 0.3) is 23.1 Å². The van der Waals surface area contributed by atoms with Gasteiger partial charge in [0.15, 0.2) is 0 Å². The molecule has 4 rings (SSSR count). The van der Waals surface area contributed by atoms with Crippen LogP contribution in [0.15, 0.2) is 53.2 Å². The van der Waals surface area contributed by atoms with Crippen LogP contribution in [0.3, 0.4) is 0 Å². The summed E-state index contributed by atoms with van der Waals surface area (Å²) in [4.78, 5) is 3.97. The average molecular weight is 277 g/mol. The molecule has 1 aliphatic heterocycles. The summed E-state index contributed by atoms with van der Waals surface area (Å²) < 4.78 is 11.4. The summed E-state index contributed by atoms with van der Waals surface area (Å²) in [5, 5.41) is 8.18. The molecule has 5 nitrogen and oxygen atoms in total. The third-order valence-electron chi connectivity index (χ3n) is 3.26. The van der Waals surface area contributed by atoms with Gasteiger partial charge in [0.05, 0.1) is 5.57 Å². The maximum atomic E-state index is 5.73. The standard InChI is InChI=1S/C16H11N3O2/c1-2-4-14-12(3-1)9-13(10-20-14)16-19-18-15(21-16)11-5-7-17-8-6-11/h1-9H,10H2. The van der Waals surface area contributed by atoms with Crippen LogP contribution in [0.5, 0.6) is 5.75 Å². The van der Waals surface area contributed by atoms with Gasteiger partial charge in [-0.2, -0.15) is 0 Å². The molecule has 0 unspecified atom stereocenters. The summed E-state index contributed by atoms with van der Waals surface area (Å²) in [7, 11) is 0. The Labute approximate surface area is 120 Å². The maximum Gasteiger partial charge on any atom is 0.248 e. The highest BCUT2D eigenvalue weighted by Gasteiger charge is 2.17. The van der Waals surface area contributed by atoms with Crippen molar-refractivity contribution in [2.24, 2.45) is 0 Å². The average Bonchev–Trinajstić information content (AvgIpc) is 3.05. The molecule has 0 amide bonds. The third kappa shape index (κ3) is 2.18. The molecule has 0 saturated carbocycles. The highest BCUT2D eigenvalue weighted by Crippen LogP contribution is 2.30. The highest BCUT2D eigenvalue weighted by atomic mass is 16.5. The van der Waals surface area contributed by atoms with Crippen molar-refractivity contribution in [1.29, 1.82) is 0 Å². The molecular formula is C16H11N3O2. The minimum atomic E-state index is 0.426. The number of hydrogen-bond donors (Lipinski definition) is 0. The van der Waals surface area contributed by atoms with Crippen molar-refractivity contribution in [3.63, 3.8) is 0 Å². The molecule has 0 N–H and O–H groups in total. The molecule has 0 saturated heterocycles. The Balaban J connectivity index is 1.70. The zero-order valence-electron chi connectivity index (χ0n) is 11.1. The van der Waals surface area contributed by atoms with Crippen molar-refractivity contribution < 1.29 is 9.15 Å². The summed E-state index contributed by atoms with van der Waals surface area (Å²) in [6.45, 7) is 0.426. The molecule has 0 spiro atoms. The van der Waals surface area contributed by atoms with Gasteiger partial charge in [0.2, 0.25) is 11.8 Å². The summed E-state index contributed by atoms with van der Waals surface area (Å²) in [5.41, 5.74) is 2.74. The molecular weight excluding hydrogens is 266 g/mol. The second-order valence-electron chi connectivity index (χ2n) is 4.64. The van der Waals surface area contributed by atoms with Gasteiger partial charge in [0, 0.05) is 23.5 Å². The fourth-order valence-electron chi connectivity index (χ4n) is 2.20. The van der Waals surface area contributed by atoms with E-state index in [-0.39, 0.29) is 0 Å². The molecule has 102 valence electrons. The van der Waals surface area contributed by atoms with Crippen LogP contribution in [0.4, 0.5) is 0 Å². The molecule has 1 aromatic carbocycles. The second kappa shape index (κ2) is 4.86. The minimum Gasteiger partial charge on any atom is -0.488 e. The lowest BCUT2D eigenvalue weighted by atomic mass is 10.1. The topological polar surface area (TPSA) is 61.0 Å². The zero-order chi connectivity index (χ0) is 14.1. The molecule has 0 aliphatic carbocycles. The molecule has 1 aliphatic rings. The Morgan fingerprint density at radius 2 is 1.71 bits per heavy atom. The van der Waals surface area contributed by atoms with Gasteiger partial charge < -0.3 is 9.15 Å². The van der Waals surface area contributed by atoms with Crippen LogP contribution in [0.2, 0.25) is 0 Å². The SMILES string of the molecule is C1=C(c2nnc(-c3ccncc3)o2)COc2ccccc21. The van der Waals surface area contributed by atoms with E-state index < -0.39 is 0 Å². The lowest BCUT2D eigenvalue weighted by Gasteiger charge is -2.15. The molecule has 3 aromatic rings. The number of hydrogen-bond acceptors (Lipinski definition) is 5. The van der Waals surface area contributed by atoms with Crippen LogP contribution >= 0.6 is 0 Å². The second-order valence-corrected chi connectivity index (χ2v) is 4.64. The van der Waals surface area contributed by atoms with E-state index in [1.165, 1.54) is 0 Å². The first-order chi connectivity index (χ1) is 10.4. The molecule has 5 heteroatoms. The van der Waals surface area contributed by atoms with E-state index in [2.05, 4.69) is 15.2 Å². The van der Waals surface area contributed by atoms with E-state index in [0.29, 0.717) is 18.4 Å². The third-order valence-corrected chi connectivity index (χ3v) is 3.26. The monoisotopic (exact) mass is 277 g/mol. The Morgan fingerprint density at radius 1 is 0.905 bits per heavy atom. The normalized spacial score (nSPS) is 13.2. The van der Waals surface area contributed by atoms with E-state index >= 15 is 0 Å². The van der Waals surface area contributed by atoms with Gasteiger partial charge >= 0.3 is 0 Å². The van der Waals surface area contributed by atoms with Crippen molar-refractivity contribution in [1.82, 2.24) is 15.2 Å². The van der Waals surface area contributed by atoms with E-state index in [1.807, 2.05) is 42.5 Å². The molecule has 0 fully saturated rings. The van der Waals surface area contributed by atoms with Gasteiger partial charge in [0.1, 0.15) is 12.4 Å². The zero-order valence-corrected chi connectivity index (χ0v) is 11.1. The van der Waals surface area contributed by atoms with E-state index in [0.717, 1.165) is 22.4 Å². The van der Waals surface area contributed by atoms with Crippen molar-refractivity contribution in [3.8, 4) is 17.2 Å².